The number of methoxy groups -OCH3 is 1. The number of hydrogen-bond acceptors (Lipinski definition) is 5. The van der Waals surface area contributed by atoms with Gasteiger partial charge in [-0.1, -0.05) is 0 Å². The van der Waals surface area contributed by atoms with E-state index in [2.05, 4.69) is 10.2 Å². The molecule has 10 heteroatoms. The number of fused-ring (bicyclic) bond motifs is 1. The third-order valence-corrected chi connectivity index (χ3v) is 6.50. The molecule has 2 aromatic heterocycles. The van der Waals surface area contributed by atoms with Crippen LogP contribution in [0.2, 0.25) is 0 Å². The Morgan fingerprint density at radius 3 is 2.32 bits per heavy atom. The van der Waals surface area contributed by atoms with Gasteiger partial charge in [0, 0.05) is 12.3 Å². The van der Waals surface area contributed by atoms with Gasteiger partial charge >= 0.3 is 0 Å². The minimum absolute atomic E-state index is 0.0180. The van der Waals surface area contributed by atoms with Crippen molar-refractivity contribution in [1.29, 1.82) is 0 Å². The number of aromatic nitrogens is 3. The molecule has 0 N–H and O–H groups in total. The van der Waals surface area contributed by atoms with Crippen molar-refractivity contribution in [1.82, 2.24) is 14.6 Å². The number of ether oxygens (including phenoxy) is 1. The van der Waals surface area contributed by atoms with Crippen molar-refractivity contribution in [2.45, 2.75) is 18.4 Å². The SMILES string of the molecule is COc1ccc(N(Cc2cc(F)cc(F)c2)S(=O)(=O)c2ccc3nnc(C)n3c2)cc1. The van der Waals surface area contributed by atoms with Gasteiger partial charge in [-0.2, -0.15) is 0 Å². The Balaban J connectivity index is 1.83. The normalized spacial score (nSPS) is 11.6. The number of nitrogens with zero attached hydrogens (tertiary/aromatic N) is 4. The Bertz CT molecular complexity index is 1330. The van der Waals surface area contributed by atoms with Crippen molar-refractivity contribution < 1.29 is 21.9 Å². The fraction of sp³-hybridized carbons (Fsp3) is 0.143. The standard InChI is InChI=1S/C21H18F2N4O3S/c1-14-24-25-21-8-7-20(13-26(14)21)31(28,29)27(18-3-5-19(30-2)6-4-18)12-15-9-16(22)11-17(23)10-15/h3-11,13H,12H2,1-2H3. The highest BCUT2D eigenvalue weighted by Gasteiger charge is 2.26. The van der Waals surface area contributed by atoms with E-state index in [0.29, 0.717) is 22.9 Å². The van der Waals surface area contributed by atoms with E-state index < -0.39 is 21.7 Å². The Hall–Kier alpha value is -3.53. The molecule has 2 aromatic carbocycles. The number of pyridine rings is 1. The molecular formula is C21H18F2N4O3S. The summed E-state index contributed by atoms with van der Waals surface area (Å²) in [6.07, 6.45) is 1.42. The lowest BCUT2D eigenvalue weighted by atomic mass is 10.2. The molecule has 160 valence electrons. The lowest BCUT2D eigenvalue weighted by Crippen LogP contribution is -2.31. The van der Waals surface area contributed by atoms with Crippen LogP contribution in [0.4, 0.5) is 14.5 Å². The van der Waals surface area contributed by atoms with Gasteiger partial charge in [0.15, 0.2) is 5.65 Å². The predicted molar refractivity (Wildman–Crippen MR) is 110 cm³/mol. The highest BCUT2D eigenvalue weighted by atomic mass is 32.2. The fourth-order valence-corrected chi connectivity index (χ4v) is 4.65. The summed E-state index contributed by atoms with van der Waals surface area (Å²) in [5, 5.41) is 7.89. The summed E-state index contributed by atoms with van der Waals surface area (Å²) in [4.78, 5) is -0.0180. The van der Waals surface area contributed by atoms with Crippen LogP contribution in [0.1, 0.15) is 11.4 Å². The third kappa shape index (κ3) is 4.06. The molecule has 0 saturated carbocycles. The lowest BCUT2D eigenvalue weighted by Gasteiger charge is -2.25. The van der Waals surface area contributed by atoms with Gasteiger partial charge in [0.05, 0.1) is 19.3 Å². The van der Waals surface area contributed by atoms with E-state index in [-0.39, 0.29) is 17.0 Å². The second kappa shape index (κ2) is 7.95. The van der Waals surface area contributed by atoms with E-state index >= 15 is 0 Å². The fourth-order valence-electron chi connectivity index (χ4n) is 3.20. The summed E-state index contributed by atoms with van der Waals surface area (Å²) in [5.41, 5.74) is 0.976. The van der Waals surface area contributed by atoms with Crippen LogP contribution in [0.3, 0.4) is 0 Å². The van der Waals surface area contributed by atoms with Gasteiger partial charge < -0.3 is 4.74 Å². The molecular weight excluding hydrogens is 426 g/mol. The molecule has 7 nitrogen and oxygen atoms in total. The van der Waals surface area contributed by atoms with Crippen LogP contribution >= 0.6 is 0 Å². The zero-order chi connectivity index (χ0) is 22.2. The van der Waals surface area contributed by atoms with Gasteiger partial charge in [0.25, 0.3) is 10.0 Å². The molecule has 0 aliphatic carbocycles. The van der Waals surface area contributed by atoms with Crippen LogP contribution < -0.4 is 9.04 Å². The van der Waals surface area contributed by atoms with E-state index in [1.54, 1.807) is 41.7 Å². The first kappa shape index (κ1) is 20.7. The average molecular weight is 444 g/mol. The Morgan fingerprint density at radius 1 is 1.00 bits per heavy atom. The maximum Gasteiger partial charge on any atom is 0.266 e. The first-order valence-electron chi connectivity index (χ1n) is 9.21. The zero-order valence-electron chi connectivity index (χ0n) is 16.7. The summed E-state index contributed by atoms with van der Waals surface area (Å²) >= 11 is 0. The van der Waals surface area contributed by atoms with Crippen LogP contribution in [-0.2, 0) is 16.6 Å². The van der Waals surface area contributed by atoms with Crippen LogP contribution in [0.15, 0.2) is 65.7 Å². The molecule has 31 heavy (non-hydrogen) atoms. The molecule has 0 bridgehead atoms. The molecule has 0 atom stereocenters. The van der Waals surface area contributed by atoms with Crippen LogP contribution in [0.25, 0.3) is 5.65 Å². The van der Waals surface area contributed by atoms with Gasteiger partial charge in [0.1, 0.15) is 28.1 Å². The second-order valence-corrected chi connectivity index (χ2v) is 8.69. The molecule has 4 aromatic rings. The van der Waals surface area contributed by atoms with E-state index in [4.69, 9.17) is 4.74 Å². The number of aryl methyl sites for hydroxylation is 1. The molecule has 0 unspecified atom stereocenters. The number of halogens is 2. The summed E-state index contributed by atoms with van der Waals surface area (Å²) in [6, 6.07) is 12.2. The van der Waals surface area contributed by atoms with Crippen molar-refractivity contribution >= 4 is 21.4 Å². The second-order valence-electron chi connectivity index (χ2n) is 6.83. The molecule has 2 heterocycles. The summed E-state index contributed by atoms with van der Waals surface area (Å²) in [5.74, 6) is -0.512. The van der Waals surface area contributed by atoms with Crippen molar-refractivity contribution in [3.8, 4) is 5.75 Å². The van der Waals surface area contributed by atoms with Gasteiger partial charge in [0.2, 0.25) is 0 Å². The van der Waals surface area contributed by atoms with E-state index in [9.17, 15) is 17.2 Å². The monoisotopic (exact) mass is 444 g/mol. The van der Waals surface area contributed by atoms with Gasteiger partial charge in [-0.25, -0.2) is 17.2 Å². The van der Waals surface area contributed by atoms with E-state index in [1.165, 1.54) is 19.4 Å². The molecule has 0 fully saturated rings. The van der Waals surface area contributed by atoms with Crippen molar-refractivity contribution in [3.05, 3.63) is 83.8 Å². The Morgan fingerprint density at radius 2 is 1.68 bits per heavy atom. The molecule has 0 radical (unpaired) electrons. The first-order valence-corrected chi connectivity index (χ1v) is 10.6. The Labute approximate surface area is 177 Å². The van der Waals surface area contributed by atoms with Crippen molar-refractivity contribution in [3.63, 3.8) is 0 Å². The topological polar surface area (TPSA) is 76.8 Å². The Kier molecular flexibility index (Phi) is 5.32. The summed E-state index contributed by atoms with van der Waals surface area (Å²) in [7, 11) is -2.62. The molecule has 0 amide bonds. The van der Waals surface area contributed by atoms with Gasteiger partial charge in [-0.15, -0.1) is 10.2 Å². The molecule has 4 rings (SSSR count). The largest absolute Gasteiger partial charge is 0.497 e. The number of anilines is 1. The van der Waals surface area contributed by atoms with E-state index in [0.717, 1.165) is 22.5 Å². The van der Waals surface area contributed by atoms with Gasteiger partial charge in [-0.05, 0) is 61.0 Å². The molecule has 0 aliphatic heterocycles. The quantitative estimate of drug-likeness (QED) is 0.453. The molecule has 0 saturated heterocycles. The highest BCUT2D eigenvalue weighted by molar-refractivity contribution is 7.92. The zero-order valence-corrected chi connectivity index (χ0v) is 17.5. The molecule has 0 aliphatic rings. The maximum atomic E-state index is 13.7. The summed E-state index contributed by atoms with van der Waals surface area (Å²) < 4.78 is 62.4. The lowest BCUT2D eigenvalue weighted by molar-refractivity contribution is 0.415. The molecule has 0 spiro atoms. The highest BCUT2D eigenvalue weighted by Crippen LogP contribution is 2.28. The minimum atomic E-state index is -4.11. The maximum absolute atomic E-state index is 13.7. The van der Waals surface area contributed by atoms with E-state index in [1.807, 2.05) is 0 Å². The van der Waals surface area contributed by atoms with Crippen LogP contribution in [0, 0.1) is 18.6 Å². The van der Waals surface area contributed by atoms with Crippen LogP contribution in [0.5, 0.6) is 5.75 Å². The first-order chi connectivity index (χ1) is 14.8. The number of sulfonamides is 1. The minimum Gasteiger partial charge on any atom is -0.497 e. The van der Waals surface area contributed by atoms with Crippen molar-refractivity contribution in [2.75, 3.05) is 11.4 Å². The van der Waals surface area contributed by atoms with Crippen molar-refractivity contribution in [2.24, 2.45) is 0 Å². The number of hydrogen-bond donors (Lipinski definition) is 0. The number of benzene rings is 2. The smallest absolute Gasteiger partial charge is 0.266 e. The third-order valence-electron chi connectivity index (χ3n) is 4.74. The van der Waals surface area contributed by atoms with Crippen LogP contribution in [-0.4, -0.2) is 30.1 Å². The number of rotatable bonds is 6. The average Bonchev–Trinajstić information content (AvgIpc) is 3.11. The van der Waals surface area contributed by atoms with Gasteiger partial charge in [-0.3, -0.25) is 8.71 Å². The summed E-state index contributed by atoms with van der Waals surface area (Å²) in [6.45, 7) is 1.43. The predicted octanol–water partition coefficient (Wildman–Crippen LogP) is 3.72.